The zero-order valence-electron chi connectivity index (χ0n) is 19.4. The van der Waals surface area contributed by atoms with Gasteiger partial charge in [0.25, 0.3) is 11.8 Å². The third kappa shape index (κ3) is 4.15. The number of benzene rings is 1. The van der Waals surface area contributed by atoms with Crippen LogP contribution in [0.3, 0.4) is 0 Å². The molecule has 33 heavy (non-hydrogen) atoms. The molecule has 1 fully saturated rings. The first-order chi connectivity index (χ1) is 15.7. The fourth-order valence-corrected chi connectivity index (χ4v) is 3.99. The summed E-state index contributed by atoms with van der Waals surface area (Å²) in [5.74, 6) is -0.119. The van der Waals surface area contributed by atoms with Gasteiger partial charge in [0, 0.05) is 31.6 Å². The van der Waals surface area contributed by atoms with Crippen molar-refractivity contribution in [3.63, 3.8) is 0 Å². The van der Waals surface area contributed by atoms with Gasteiger partial charge in [0.15, 0.2) is 5.84 Å². The number of hydrogen-bond donors (Lipinski definition) is 1. The monoisotopic (exact) mass is 451 g/mol. The van der Waals surface area contributed by atoms with Gasteiger partial charge < -0.3 is 19.9 Å². The van der Waals surface area contributed by atoms with Crippen LogP contribution < -0.4 is 5.32 Å². The highest BCUT2D eigenvalue weighted by atomic mass is 16.6. The van der Waals surface area contributed by atoms with Crippen LogP contribution in [0.25, 0.3) is 10.9 Å². The van der Waals surface area contributed by atoms with Crippen molar-refractivity contribution in [1.29, 1.82) is 0 Å². The second kappa shape index (κ2) is 8.80. The molecule has 1 aromatic heterocycles. The summed E-state index contributed by atoms with van der Waals surface area (Å²) < 4.78 is 5.06. The zero-order valence-corrected chi connectivity index (χ0v) is 19.4. The molecular weight excluding hydrogens is 422 g/mol. The number of amides is 3. The van der Waals surface area contributed by atoms with E-state index in [2.05, 4.69) is 10.3 Å². The number of piperazine rings is 1. The molecule has 1 atom stereocenters. The summed E-state index contributed by atoms with van der Waals surface area (Å²) in [7, 11) is 0. The lowest BCUT2D eigenvalue weighted by Crippen LogP contribution is -2.51. The fraction of sp³-hybridized carbons (Fsp3) is 0.458. The lowest BCUT2D eigenvalue weighted by atomic mass is 9.89. The quantitative estimate of drug-likeness (QED) is 0.769. The number of nitrogens with one attached hydrogen (secondary N) is 1. The highest BCUT2D eigenvalue weighted by Gasteiger charge is 2.43. The Hall–Kier alpha value is -3.49. The molecule has 0 saturated carbocycles. The standard InChI is InChI=1S/C24H29N5O4/c1-5-33-23(32)29-12-10-28(11-13-29)21(30)17-14-16-8-6-7-9-18(16)25-19(17)20-26-22(31)24(4,27-20)15(2)3/h6-9,14-15H,5,10-13H2,1-4H3,(H,26,27,31)/t24-/m1/s1. The minimum Gasteiger partial charge on any atom is -0.450 e. The van der Waals surface area contributed by atoms with Gasteiger partial charge in [-0.05, 0) is 31.9 Å². The lowest BCUT2D eigenvalue weighted by Gasteiger charge is -2.34. The molecule has 0 aliphatic carbocycles. The van der Waals surface area contributed by atoms with Gasteiger partial charge in [-0.3, -0.25) is 9.59 Å². The van der Waals surface area contributed by atoms with Gasteiger partial charge in [-0.15, -0.1) is 0 Å². The number of nitrogens with zero attached hydrogens (tertiary/aromatic N) is 4. The van der Waals surface area contributed by atoms with Crippen molar-refractivity contribution in [3.8, 4) is 0 Å². The zero-order chi connectivity index (χ0) is 23.8. The number of amidine groups is 1. The average Bonchev–Trinajstić information content (AvgIpc) is 3.13. The summed E-state index contributed by atoms with van der Waals surface area (Å²) in [5, 5.41) is 3.67. The van der Waals surface area contributed by atoms with Crippen LogP contribution in [0.4, 0.5) is 4.79 Å². The van der Waals surface area contributed by atoms with Gasteiger partial charge in [0.1, 0.15) is 11.2 Å². The van der Waals surface area contributed by atoms with E-state index in [-0.39, 0.29) is 23.8 Å². The first kappa shape index (κ1) is 22.7. The SMILES string of the molecule is CCOC(=O)N1CCN(C(=O)c2cc3ccccc3nc2C2=N[C@](C)(C(C)C)C(=O)N2)CC1. The van der Waals surface area contributed by atoms with Gasteiger partial charge in [0.05, 0.1) is 17.7 Å². The molecule has 1 aromatic carbocycles. The summed E-state index contributed by atoms with van der Waals surface area (Å²) in [6.07, 6.45) is -0.367. The van der Waals surface area contributed by atoms with Crippen LogP contribution in [0.1, 0.15) is 43.7 Å². The Morgan fingerprint density at radius 3 is 2.45 bits per heavy atom. The van der Waals surface area contributed by atoms with Gasteiger partial charge in [-0.1, -0.05) is 32.0 Å². The number of hydrogen-bond acceptors (Lipinski definition) is 6. The van der Waals surface area contributed by atoms with Gasteiger partial charge >= 0.3 is 6.09 Å². The van der Waals surface area contributed by atoms with E-state index in [9.17, 15) is 14.4 Å². The third-order valence-corrected chi connectivity index (χ3v) is 6.43. The van der Waals surface area contributed by atoms with E-state index in [1.54, 1.807) is 29.7 Å². The van der Waals surface area contributed by atoms with E-state index in [4.69, 9.17) is 9.72 Å². The van der Waals surface area contributed by atoms with Crippen molar-refractivity contribution in [2.75, 3.05) is 32.8 Å². The Balaban J connectivity index is 1.68. The highest BCUT2D eigenvalue weighted by Crippen LogP contribution is 2.28. The molecule has 0 radical (unpaired) electrons. The largest absolute Gasteiger partial charge is 0.450 e. The molecule has 174 valence electrons. The van der Waals surface area contributed by atoms with Crippen LogP contribution in [-0.2, 0) is 9.53 Å². The van der Waals surface area contributed by atoms with Crippen molar-refractivity contribution in [3.05, 3.63) is 41.6 Å². The number of carbonyl (C=O) groups is 3. The molecule has 2 aliphatic rings. The van der Waals surface area contributed by atoms with E-state index in [1.807, 2.05) is 38.1 Å². The second-order valence-corrected chi connectivity index (χ2v) is 8.77. The predicted octanol–water partition coefficient (Wildman–Crippen LogP) is 2.44. The van der Waals surface area contributed by atoms with Gasteiger partial charge in [-0.25, -0.2) is 14.8 Å². The molecule has 4 rings (SSSR count). The molecule has 0 unspecified atom stereocenters. The number of carbonyl (C=O) groups excluding carboxylic acids is 3. The molecule has 9 heteroatoms. The summed E-state index contributed by atoms with van der Waals surface area (Å²) in [6.45, 7) is 9.29. The summed E-state index contributed by atoms with van der Waals surface area (Å²) in [6, 6.07) is 9.33. The van der Waals surface area contributed by atoms with E-state index in [0.717, 1.165) is 5.39 Å². The van der Waals surface area contributed by atoms with Gasteiger partial charge in [0.2, 0.25) is 0 Å². The minimum absolute atomic E-state index is 0.0226. The maximum atomic E-state index is 13.6. The number of ether oxygens (including phenoxy) is 1. The second-order valence-electron chi connectivity index (χ2n) is 8.77. The van der Waals surface area contributed by atoms with Crippen molar-refractivity contribution >= 4 is 34.6 Å². The molecule has 0 bridgehead atoms. The molecule has 1 N–H and O–H groups in total. The van der Waals surface area contributed by atoms with Crippen molar-refractivity contribution in [1.82, 2.24) is 20.1 Å². The van der Waals surface area contributed by atoms with Crippen LogP contribution in [0.2, 0.25) is 0 Å². The van der Waals surface area contributed by atoms with E-state index < -0.39 is 5.54 Å². The molecule has 3 heterocycles. The van der Waals surface area contributed by atoms with Crippen molar-refractivity contribution < 1.29 is 19.1 Å². The number of para-hydroxylation sites is 1. The van der Waals surface area contributed by atoms with Crippen molar-refractivity contribution in [2.45, 2.75) is 33.2 Å². The van der Waals surface area contributed by atoms with E-state index >= 15 is 0 Å². The Morgan fingerprint density at radius 1 is 1.15 bits per heavy atom. The normalized spacial score (nSPS) is 20.8. The first-order valence-corrected chi connectivity index (χ1v) is 11.3. The Bertz CT molecular complexity index is 1140. The van der Waals surface area contributed by atoms with E-state index in [0.29, 0.717) is 55.4 Å². The molecule has 9 nitrogen and oxygen atoms in total. The topological polar surface area (TPSA) is 104 Å². The number of pyridine rings is 1. The van der Waals surface area contributed by atoms with Gasteiger partial charge in [-0.2, -0.15) is 0 Å². The van der Waals surface area contributed by atoms with Crippen LogP contribution in [0.15, 0.2) is 35.3 Å². The minimum atomic E-state index is -0.922. The van der Waals surface area contributed by atoms with Crippen LogP contribution >= 0.6 is 0 Å². The Morgan fingerprint density at radius 2 is 1.82 bits per heavy atom. The van der Waals surface area contributed by atoms with E-state index in [1.165, 1.54) is 0 Å². The Labute approximate surface area is 192 Å². The molecule has 1 saturated heterocycles. The molecule has 3 amide bonds. The molecular formula is C24H29N5O4. The Kier molecular flexibility index (Phi) is 6.05. The third-order valence-electron chi connectivity index (χ3n) is 6.43. The maximum Gasteiger partial charge on any atom is 0.409 e. The highest BCUT2D eigenvalue weighted by molar-refractivity contribution is 6.19. The van der Waals surface area contributed by atoms with Crippen molar-refractivity contribution in [2.24, 2.45) is 10.9 Å². The summed E-state index contributed by atoms with van der Waals surface area (Å²) >= 11 is 0. The molecule has 2 aromatic rings. The van der Waals surface area contributed by atoms with Crippen LogP contribution in [0.5, 0.6) is 0 Å². The van der Waals surface area contributed by atoms with Crippen LogP contribution in [-0.4, -0.2) is 76.9 Å². The predicted molar refractivity (Wildman–Crippen MR) is 124 cm³/mol. The van der Waals surface area contributed by atoms with Crippen LogP contribution in [0, 0.1) is 5.92 Å². The number of fused-ring (bicyclic) bond motifs is 1. The average molecular weight is 452 g/mol. The number of aromatic nitrogens is 1. The summed E-state index contributed by atoms with van der Waals surface area (Å²) in [5.41, 5.74) is 0.537. The maximum absolute atomic E-state index is 13.6. The summed E-state index contributed by atoms with van der Waals surface area (Å²) in [4.78, 5) is 51.0. The smallest absolute Gasteiger partial charge is 0.409 e. The molecule has 0 spiro atoms. The molecule has 2 aliphatic heterocycles. The first-order valence-electron chi connectivity index (χ1n) is 11.3. The number of aliphatic imine (C=N–C) groups is 1. The fourth-order valence-electron chi connectivity index (χ4n) is 3.99. The lowest BCUT2D eigenvalue weighted by molar-refractivity contribution is -0.124. The number of rotatable bonds is 4.